The van der Waals surface area contributed by atoms with Crippen LogP contribution in [0.1, 0.15) is 18.9 Å². The topological polar surface area (TPSA) is 65.1 Å². The van der Waals surface area contributed by atoms with Gasteiger partial charge in [0.05, 0.1) is 12.1 Å². The minimum atomic E-state index is -0.738. The van der Waals surface area contributed by atoms with Crippen LogP contribution >= 0.6 is 0 Å². The lowest BCUT2D eigenvalue weighted by Crippen LogP contribution is -2.35. The lowest BCUT2D eigenvalue weighted by Gasteiger charge is -2.11. The number of carbonyl (C=O) groups is 1. The summed E-state index contributed by atoms with van der Waals surface area (Å²) in [6.07, 6.45) is 0.295. The van der Waals surface area contributed by atoms with Crippen LogP contribution in [0.3, 0.4) is 0 Å². The van der Waals surface area contributed by atoms with Crippen LogP contribution in [-0.2, 0) is 11.2 Å². The van der Waals surface area contributed by atoms with Crippen molar-refractivity contribution in [2.24, 2.45) is 0 Å². The molecule has 7 heteroatoms. The van der Waals surface area contributed by atoms with E-state index in [0.717, 1.165) is 6.07 Å². The second-order valence-corrected chi connectivity index (χ2v) is 6.45. The fraction of sp³-hybridized carbons (Fsp3) is 0.250. The maximum atomic E-state index is 14.2. The number of amides is 1. The van der Waals surface area contributed by atoms with Crippen LogP contribution in [0.2, 0.25) is 0 Å². The van der Waals surface area contributed by atoms with Crippen molar-refractivity contribution in [2.75, 3.05) is 6.61 Å². The monoisotopic (exact) mass is 376 g/mol. The Morgan fingerprint density at radius 2 is 1.85 bits per heavy atom. The van der Waals surface area contributed by atoms with Crippen molar-refractivity contribution in [2.45, 2.75) is 25.8 Å². The minimum Gasteiger partial charge on any atom is -0.394 e. The fourth-order valence-electron chi connectivity index (χ4n) is 3.03. The molecule has 0 aliphatic heterocycles. The highest BCUT2D eigenvalue weighted by Gasteiger charge is 2.18. The zero-order valence-corrected chi connectivity index (χ0v) is 14.7. The molecule has 0 aliphatic carbocycles. The minimum absolute atomic E-state index is 0.0730. The van der Waals surface area contributed by atoms with Crippen molar-refractivity contribution in [3.63, 3.8) is 0 Å². The summed E-state index contributed by atoms with van der Waals surface area (Å²) in [5.74, 6) is -2.15. The number of aliphatic hydroxyl groups excluding tert-OH is 1. The summed E-state index contributed by atoms with van der Waals surface area (Å²) in [5.41, 5.74) is 1.82. The summed E-state index contributed by atoms with van der Waals surface area (Å²) in [5, 5.41) is 12.0. The molecule has 1 amide bonds. The molecule has 3 rings (SSSR count). The summed E-state index contributed by atoms with van der Waals surface area (Å²) in [6.45, 7) is 1.48. The third-order valence-electron chi connectivity index (χ3n) is 4.35. The number of aromatic amines is 1. The molecule has 1 heterocycles. The summed E-state index contributed by atoms with van der Waals surface area (Å²) >= 11 is 0. The summed E-state index contributed by atoms with van der Waals surface area (Å²) in [4.78, 5) is 15.0. The quantitative estimate of drug-likeness (QED) is 0.614. The van der Waals surface area contributed by atoms with Crippen LogP contribution in [0.25, 0.3) is 22.2 Å². The number of benzene rings is 2. The Morgan fingerprint density at radius 3 is 2.52 bits per heavy atom. The Bertz CT molecular complexity index is 968. The lowest BCUT2D eigenvalue weighted by atomic mass is 10.0. The van der Waals surface area contributed by atoms with Crippen molar-refractivity contribution >= 4 is 16.8 Å². The van der Waals surface area contributed by atoms with E-state index in [0.29, 0.717) is 22.2 Å². The highest BCUT2D eigenvalue weighted by atomic mass is 19.1. The first-order valence-corrected chi connectivity index (χ1v) is 8.54. The molecule has 142 valence electrons. The lowest BCUT2D eigenvalue weighted by molar-refractivity contribution is -0.121. The van der Waals surface area contributed by atoms with E-state index in [1.807, 2.05) is 0 Å². The molecule has 0 bridgehead atoms. The number of carbonyl (C=O) groups excluding carboxylic acids is 1. The number of fused-ring (bicyclic) bond motifs is 1. The number of aryl methyl sites for hydroxylation is 1. The number of halogens is 3. The van der Waals surface area contributed by atoms with Crippen molar-refractivity contribution in [3.8, 4) is 11.3 Å². The van der Waals surface area contributed by atoms with Gasteiger partial charge in [-0.2, -0.15) is 0 Å². The smallest absolute Gasteiger partial charge is 0.220 e. The van der Waals surface area contributed by atoms with Crippen LogP contribution in [0, 0.1) is 17.5 Å². The molecule has 3 aromatic rings. The number of nitrogens with one attached hydrogen (secondary N) is 2. The van der Waals surface area contributed by atoms with E-state index in [9.17, 15) is 18.0 Å². The molecule has 0 aliphatic rings. The second-order valence-electron chi connectivity index (χ2n) is 6.45. The third kappa shape index (κ3) is 4.14. The maximum Gasteiger partial charge on any atom is 0.220 e. The zero-order valence-electron chi connectivity index (χ0n) is 14.7. The van der Waals surface area contributed by atoms with Crippen molar-refractivity contribution in [1.82, 2.24) is 10.3 Å². The largest absolute Gasteiger partial charge is 0.394 e. The van der Waals surface area contributed by atoms with Gasteiger partial charge in [-0.1, -0.05) is 0 Å². The first-order chi connectivity index (χ1) is 12.9. The van der Waals surface area contributed by atoms with Crippen LogP contribution in [-0.4, -0.2) is 28.6 Å². The number of H-pyrrole nitrogens is 1. The van der Waals surface area contributed by atoms with Gasteiger partial charge < -0.3 is 15.4 Å². The van der Waals surface area contributed by atoms with Gasteiger partial charge in [0.25, 0.3) is 0 Å². The van der Waals surface area contributed by atoms with Crippen molar-refractivity contribution in [1.29, 1.82) is 0 Å². The first-order valence-electron chi connectivity index (χ1n) is 8.54. The molecule has 3 N–H and O–H groups in total. The Labute approximate surface area is 154 Å². The number of aromatic nitrogens is 1. The summed E-state index contributed by atoms with van der Waals surface area (Å²) in [6, 6.07) is 7.23. The average Bonchev–Trinajstić information content (AvgIpc) is 2.99. The average molecular weight is 376 g/mol. The second kappa shape index (κ2) is 7.84. The molecular formula is C20H19F3N2O2. The van der Waals surface area contributed by atoms with E-state index in [4.69, 9.17) is 5.11 Å². The van der Waals surface area contributed by atoms with E-state index < -0.39 is 17.5 Å². The van der Waals surface area contributed by atoms with E-state index in [1.165, 1.54) is 30.3 Å². The summed E-state index contributed by atoms with van der Waals surface area (Å²) < 4.78 is 41.2. The van der Waals surface area contributed by atoms with E-state index in [2.05, 4.69) is 10.3 Å². The van der Waals surface area contributed by atoms with Crippen LogP contribution in [0.15, 0.2) is 36.4 Å². The molecule has 2 aromatic carbocycles. The van der Waals surface area contributed by atoms with Gasteiger partial charge >= 0.3 is 0 Å². The highest BCUT2D eigenvalue weighted by Crippen LogP contribution is 2.33. The molecule has 0 unspecified atom stereocenters. The number of hydrogen-bond acceptors (Lipinski definition) is 2. The zero-order chi connectivity index (χ0) is 19.6. The molecular weight excluding hydrogens is 357 g/mol. The summed E-state index contributed by atoms with van der Waals surface area (Å²) in [7, 11) is 0. The number of hydrogen-bond donors (Lipinski definition) is 3. The highest BCUT2D eigenvalue weighted by molar-refractivity contribution is 5.92. The van der Waals surface area contributed by atoms with Gasteiger partial charge in [0, 0.05) is 29.6 Å². The molecule has 0 spiro atoms. The molecule has 1 atom stereocenters. The van der Waals surface area contributed by atoms with Crippen molar-refractivity contribution in [3.05, 3.63) is 59.4 Å². The van der Waals surface area contributed by atoms with Crippen LogP contribution in [0.4, 0.5) is 13.2 Å². The van der Waals surface area contributed by atoms with Crippen LogP contribution < -0.4 is 5.32 Å². The number of aliphatic hydroxyl groups is 1. The Morgan fingerprint density at radius 1 is 1.15 bits per heavy atom. The van der Waals surface area contributed by atoms with E-state index >= 15 is 0 Å². The molecule has 0 saturated heterocycles. The van der Waals surface area contributed by atoms with Gasteiger partial charge in [-0.15, -0.1) is 0 Å². The van der Waals surface area contributed by atoms with Crippen molar-refractivity contribution < 1.29 is 23.1 Å². The fourth-order valence-corrected chi connectivity index (χ4v) is 3.03. The molecule has 1 aromatic heterocycles. The molecule has 0 saturated carbocycles. The predicted octanol–water partition coefficient (Wildman–Crippen LogP) is 3.68. The molecule has 4 nitrogen and oxygen atoms in total. The van der Waals surface area contributed by atoms with Gasteiger partial charge in [-0.3, -0.25) is 4.79 Å². The third-order valence-corrected chi connectivity index (χ3v) is 4.35. The maximum absolute atomic E-state index is 14.2. The van der Waals surface area contributed by atoms with Gasteiger partial charge in [0.1, 0.15) is 17.5 Å². The Hall–Kier alpha value is -2.80. The normalized spacial score (nSPS) is 12.3. The Kier molecular flexibility index (Phi) is 5.51. The molecule has 0 radical (unpaired) electrons. The SMILES string of the molecule is C[C@H](CO)NC(=O)CCc1c(-c2ccc(F)cc2)[nH]c2c(F)cc(F)cc12. The molecule has 0 fully saturated rings. The predicted molar refractivity (Wildman–Crippen MR) is 96.6 cm³/mol. The van der Waals surface area contributed by atoms with E-state index in [-0.39, 0.29) is 36.9 Å². The molecule has 27 heavy (non-hydrogen) atoms. The Balaban J connectivity index is 2.01. The van der Waals surface area contributed by atoms with Crippen LogP contribution in [0.5, 0.6) is 0 Å². The van der Waals surface area contributed by atoms with Gasteiger partial charge in [0.15, 0.2) is 0 Å². The first kappa shape index (κ1) is 19.0. The van der Waals surface area contributed by atoms with Gasteiger partial charge in [-0.25, -0.2) is 13.2 Å². The standard InChI is InChI=1S/C20H19F3N2O2/c1-11(10-26)24-18(27)7-6-15-16-8-14(22)9-17(23)20(16)25-19(15)12-2-4-13(21)5-3-12/h2-5,8-9,11,25-26H,6-7,10H2,1H3,(H,24,27)/t11-/m1/s1. The number of rotatable bonds is 6. The van der Waals surface area contributed by atoms with Gasteiger partial charge in [-0.05, 0) is 54.8 Å². The van der Waals surface area contributed by atoms with E-state index in [1.54, 1.807) is 6.92 Å². The van der Waals surface area contributed by atoms with Gasteiger partial charge in [0.2, 0.25) is 5.91 Å².